The molecule has 1 aromatic heterocycles. The van der Waals surface area contributed by atoms with Crippen molar-refractivity contribution in [2.45, 2.75) is 19.4 Å². The van der Waals surface area contributed by atoms with Crippen molar-refractivity contribution in [2.75, 3.05) is 33.7 Å². The highest BCUT2D eigenvalue weighted by Crippen LogP contribution is 2.28. The maximum atomic E-state index is 13.1. The van der Waals surface area contributed by atoms with Crippen LogP contribution in [0.25, 0.3) is 11.0 Å². The number of rotatable bonds is 1. The van der Waals surface area contributed by atoms with E-state index in [4.69, 9.17) is 4.42 Å². The van der Waals surface area contributed by atoms with Gasteiger partial charge in [-0.2, -0.15) is 0 Å². The minimum Gasteiger partial charge on any atom is -0.463 e. The highest BCUT2D eigenvalue weighted by Gasteiger charge is 2.39. The van der Waals surface area contributed by atoms with Crippen LogP contribution < -0.4 is 0 Å². The molecule has 1 saturated heterocycles. The second kappa shape index (κ2) is 5.85. The van der Waals surface area contributed by atoms with Crippen LogP contribution in [0.4, 0.5) is 4.79 Å². The van der Waals surface area contributed by atoms with Crippen LogP contribution >= 0.6 is 0 Å². The van der Waals surface area contributed by atoms with Gasteiger partial charge in [0, 0.05) is 39.1 Å². The largest absolute Gasteiger partial charge is 0.463 e. The van der Waals surface area contributed by atoms with E-state index in [1.165, 1.54) is 6.26 Å². The number of benzene rings is 1. The average Bonchev–Trinajstić information content (AvgIpc) is 2.96. The van der Waals surface area contributed by atoms with E-state index < -0.39 is 5.54 Å². The van der Waals surface area contributed by atoms with Gasteiger partial charge in [-0.15, -0.1) is 0 Å². The zero-order valence-corrected chi connectivity index (χ0v) is 14.6. The summed E-state index contributed by atoms with van der Waals surface area (Å²) in [4.78, 5) is 30.4. The number of fused-ring (bicyclic) bond motifs is 1. The van der Waals surface area contributed by atoms with Gasteiger partial charge < -0.3 is 19.1 Å². The number of carbonyl (C=O) groups excluding carboxylic acids is 2. The maximum absolute atomic E-state index is 13.1. The highest BCUT2D eigenvalue weighted by molar-refractivity contribution is 6.06. The fourth-order valence-corrected chi connectivity index (χ4v) is 3.27. The Bertz CT molecular complexity index is 779. The Kier molecular flexibility index (Phi) is 3.99. The van der Waals surface area contributed by atoms with Gasteiger partial charge in [-0.25, -0.2) is 4.79 Å². The Morgan fingerprint density at radius 1 is 1.17 bits per heavy atom. The molecule has 0 atom stereocenters. The number of hydrogen-bond donors (Lipinski definition) is 0. The first-order valence-corrected chi connectivity index (χ1v) is 8.06. The molecule has 128 valence electrons. The van der Waals surface area contributed by atoms with Crippen LogP contribution in [-0.2, 0) is 0 Å². The first-order chi connectivity index (χ1) is 11.3. The van der Waals surface area contributed by atoms with Crippen molar-refractivity contribution in [3.05, 3.63) is 36.1 Å². The predicted octanol–water partition coefficient (Wildman–Crippen LogP) is 2.65. The van der Waals surface area contributed by atoms with Crippen LogP contribution in [0.15, 0.2) is 34.9 Å². The van der Waals surface area contributed by atoms with Crippen LogP contribution in [0.5, 0.6) is 0 Å². The molecule has 6 heteroatoms. The van der Waals surface area contributed by atoms with E-state index in [-0.39, 0.29) is 11.9 Å². The second-order valence-corrected chi connectivity index (χ2v) is 7.01. The third-order valence-electron chi connectivity index (χ3n) is 4.51. The molecule has 24 heavy (non-hydrogen) atoms. The lowest BCUT2D eigenvalue weighted by atomic mass is 9.97. The number of piperazine rings is 1. The van der Waals surface area contributed by atoms with Crippen molar-refractivity contribution in [3.8, 4) is 0 Å². The maximum Gasteiger partial charge on any atom is 0.319 e. The summed E-state index contributed by atoms with van der Waals surface area (Å²) in [5.41, 5.74) is 0.838. The van der Waals surface area contributed by atoms with Crippen molar-refractivity contribution >= 4 is 22.9 Å². The third-order valence-corrected chi connectivity index (χ3v) is 4.51. The molecule has 0 radical (unpaired) electrons. The number of urea groups is 1. The summed E-state index contributed by atoms with van der Waals surface area (Å²) >= 11 is 0. The molecule has 0 aliphatic carbocycles. The van der Waals surface area contributed by atoms with Gasteiger partial charge in [0.2, 0.25) is 0 Å². The Hall–Kier alpha value is -2.50. The van der Waals surface area contributed by atoms with Gasteiger partial charge in [0.1, 0.15) is 11.8 Å². The highest BCUT2D eigenvalue weighted by atomic mass is 16.3. The molecular formula is C18H23N3O3. The van der Waals surface area contributed by atoms with Gasteiger partial charge in [-0.1, -0.05) is 18.2 Å². The first-order valence-electron chi connectivity index (χ1n) is 8.06. The molecule has 0 saturated carbocycles. The average molecular weight is 329 g/mol. The Balaban J connectivity index is 1.85. The Morgan fingerprint density at radius 3 is 2.54 bits per heavy atom. The molecular weight excluding hydrogens is 306 g/mol. The number of para-hydroxylation sites is 1. The number of amides is 3. The van der Waals surface area contributed by atoms with E-state index in [9.17, 15) is 9.59 Å². The van der Waals surface area contributed by atoms with Gasteiger partial charge >= 0.3 is 6.03 Å². The molecule has 1 aliphatic rings. The van der Waals surface area contributed by atoms with Gasteiger partial charge in [0.15, 0.2) is 0 Å². The van der Waals surface area contributed by atoms with Crippen LogP contribution in [0.2, 0.25) is 0 Å². The molecule has 1 aliphatic heterocycles. The minimum absolute atomic E-state index is 0.0241. The van der Waals surface area contributed by atoms with E-state index in [1.807, 2.05) is 43.0 Å². The smallest absolute Gasteiger partial charge is 0.319 e. The lowest BCUT2D eigenvalue weighted by molar-refractivity contribution is 0.0242. The number of carbonyl (C=O) groups is 2. The van der Waals surface area contributed by atoms with Crippen molar-refractivity contribution in [2.24, 2.45) is 0 Å². The lowest BCUT2D eigenvalue weighted by Gasteiger charge is -2.47. The van der Waals surface area contributed by atoms with Crippen molar-refractivity contribution in [1.82, 2.24) is 14.7 Å². The van der Waals surface area contributed by atoms with Gasteiger partial charge in [0.05, 0.1) is 11.1 Å². The number of hydrogen-bond acceptors (Lipinski definition) is 3. The topological polar surface area (TPSA) is 57.0 Å². The fourth-order valence-electron chi connectivity index (χ4n) is 3.27. The number of nitrogens with zero attached hydrogens (tertiary/aromatic N) is 3. The fraction of sp³-hybridized carbons (Fsp3) is 0.444. The zero-order valence-electron chi connectivity index (χ0n) is 14.6. The predicted molar refractivity (Wildman–Crippen MR) is 92.0 cm³/mol. The molecule has 0 unspecified atom stereocenters. The van der Waals surface area contributed by atoms with Crippen LogP contribution in [-0.4, -0.2) is 65.9 Å². The molecule has 6 nitrogen and oxygen atoms in total. The van der Waals surface area contributed by atoms with E-state index in [0.717, 1.165) is 5.39 Å². The molecule has 0 bridgehead atoms. The molecule has 2 aromatic rings. The molecule has 0 N–H and O–H groups in total. The first kappa shape index (κ1) is 16.4. The molecule has 0 spiro atoms. The molecule has 3 rings (SSSR count). The standard InChI is InChI=1S/C18H23N3O3/c1-18(2)12-20(17(23)19(3)4)9-10-21(18)16(22)14-11-24-15-8-6-5-7-13(14)15/h5-8,11H,9-10,12H2,1-4H3. The zero-order chi connectivity index (χ0) is 17.5. The van der Waals surface area contributed by atoms with E-state index in [2.05, 4.69) is 0 Å². The minimum atomic E-state index is -0.445. The van der Waals surface area contributed by atoms with E-state index in [0.29, 0.717) is 30.8 Å². The molecule has 1 aromatic carbocycles. The summed E-state index contributed by atoms with van der Waals surface area (Å²) < 4.78 is 5.50. The molecule has 2 heterocycles. The van der Waals surface area contributed by atoms with Gasteiger partial charge in [-0.05, 0) is 19.9 Å². The summed E-state index contributed by atoms with van der Waals surface area (Å²) in [6.07, 6.45) is 1.53. The Labute approximate surface area is 141 Å². The summed E-state index contributed by atoms with van der Waals surface area (Å²) in [5, 5.41) is 0.824. The lowest BCUT2D eigenvalue weighted by Crippen LogP contribution is -2.63. The normalized spacial score (nSPS) is 17.2. The van der Waals surface area contributed by atoms with Crippen LogP contribution in [0.1, 0.15) is 24.2 Å². The van der Waals surface area contributed by atoms with Crippen LogP contribution in [0.3, 0.4) is 0 Å². The second-order valence-electron chi connectivity index (χ2n) is 7.01. The summed E-state index contributed by atoms with van der Waals surface area (Å²) in [7, 11) is 3.48. The summed E-state index contributed by atoms with van der Waals surface area (Å²) in [6, 6.07) is 7.50. The molecule has 3 amide bonds. The monoisotopic (exact) mass is 329 g/mol. The van der Waals surface area contributed by atoms with E-state index >= 15 is 0 Å². The molecule has 1 fully saturated rings. The van der Waals surface area contributed by atoms with Gasteiger partial charge in [-0.3, -0.25) is 4.79 Å². The van der Waals surface area contributed by atoms with Crippen LogP contribution in [0, 0.1) is 0 Å². The van der Waals surface area contributed by atoms with E-state index in [1.54, 1.807) is 23.9 Å². The quantitative estimate of drug-likeness (QED) is 0.808. The van der Waals surface area contributed by atoms with Gasteiger partial charge in [0.25, 0.3) is 5.91 Å². The summed E-state index contributed by atoms with van der Waals surface area (Å²) in [6.45, 7) is 5.52. The van der Waals surface area contributed by atoms with Crippen molar-refractivity contribution < 1.29 is 14.0 Å². The Morgan fingerprint density at radius 2 is 1.88 bits per heavy atom. The number of furan rings is 1. The third kappa shape index (κ3) is 2.72. The van der Waals surface area contributed by atoms with Crippen molar-refractivity contribution in [3.63, 3.8) is 0 Å². The van der Waals surface area contributed by atoms with Crippen molar-refractivity contribution in [1.29, 1.82) is 0 Å². The SMILES string of the molecule is CN(C)C(=O)N1CCN(C(=O)c2coc3ccccc23)C(C)(C)C1. The summed E-state index contributed by atoms with van der Waals surface area (Å²) in [5.74, 6) is -0.0538.